The SMILES string of the molecule is CCN(CC)c1ccc(NC(C)CC(=O)O)cc1. The number of carbonyl (C=O) groups is 1. The highest BCUT2D eigenvalue weighted by atomic mass is 16.4. The molecule has 1 aromatic rings. The molecule has 0 amide bonds. The van der Waals surface area contributed by atoms with Crippen LogP contribution in [0.1, 0.15) is 27.2 Å². The van der Waals surface area contributed by atoms with Crippen molar-refractivity contribution >= 4 is 17.3 Å². The van der Waals surface area contributed by atoms with E-state index < -0.39 is 5.97 Å². The summed E-state index contributed by atoms with van der Waals surface area (Å²) >= 11 is 0. The second kappa shape index (κ2) is 6.89. The summed E-state index contributed by atoms with van der Waals surface area (Å²) in [4.78, 5) is 12.8. The minimum absolute atomic E-state index is 0.0678. The molecule has 0 heterocycles. The van der Waals surface area contributed by atoms with E-state index in [1.54, 1.807) is 0 Å². The molecule has 4 heteroatoms. The van der Waals surface area contributed by atoms with Crippen molar-refractivity contribution in [2.75, 3.05) is 23.3 Å². The fraction of sp³-hybridized carbons (Fsp3) is 0.500. The average molecular weight is 250 g/mol. The van der Waals surface area contributed by atoms with E-state index in [0.29, 0.717) is 0 Å². The van der Waals surface area contributed by atoms with E-state index >= 15 is 0 Å². The van der Waals surface area contributed by atoms with Crippen LogP contribution < -0.4 is 10.2 Å². The molecule has 0 spiro atoms. The third-order valence-electron chi connectivity index (χ3n) is 2.89. The fourth-order valence-corrected chi connectivity index (χ4v) is 1.95. The summed E-state index contributed by atoms with van der Waals surface area (Å²) in [5.74, 6) is -0.783. The molecular formula is C14H22N2O2. The lowest BCUT2D eigenvalue weighted by atomic mass is 10.2. The van der Waals surface area contributed by atoms with E-state index in [0.717, 1.165) is 18.8 Å². The first-order valence-electron chi connectivity index (χ1n) is 6.40. The molecule has 0 bridgehead atoms. The number of rotatable bonds is 7. The largest absolute Gasteiger partial charge is 0.481 e. The van der Waals surface area contributed by atoms with Crippen molar-refractivity contribution in [2.24, 2.45) is 0 Å². The molecule has 1 aromatic carbocycles. The molecule has 0 saturated heterocycles. The van der Waals surface area contributed by atoms with Crippen LogP contribution in [-0.4, -0.2) is 30.2 Å². The van der Waals surface area contributed by atoms with Crippen molar-refractivity contribution in [3.05, 3.63) is 24.3 Å². The van der Waals surface area contributed by atoms with Gasteiger partial charge in [-0.15, -0.1) is 0 Å². The normalized spacial score (nSPS) is 11.9. The Morgan fingerprint density at radius 1 is 1.28 bits per heavy atom. The zero-order chi connectivity index (χ0) is 13.5. The van der Waals surface area contributed by atoms with Gasteiger partial charge < -0.3 is 15.3 Å². The summed E-state index contributed by atoms with van der Waals surface area (Å²) in [6.07, 6.45) is 0.123. The molecule has 100 valence electrons. The van der Waals surface area contributed by atoms with E-state index in [9.17, 15) is 4.79 Å². The lowest BCUT2D eigenvalue weighted by Gasteiger charge is -2.21. The maximum absolute atomic E-state index is 10.6. The molecule has 4 nitrogen and oxygen atoms in total. The lowest BCUT2D eigenvalue weighted by molar-refractivity contribution is -0.137. The molecular weight excluding hydrogens is 228 g/mol. The van der Waals surface area contributed by atoms with Crippen molar-refractivity contribution in [1.82, 2.24) is 0 Å². The molecule has 1 atom stereocenters. The van der Waals surface area contributed by atoms with Crippen LogP contribution in [0.4, 0.5) is 11.4 Å². The molecule has 1 rings (SSSR count). The summed E-state index contributed by atoms with van der Waals surface area (Å²) in [5, 5.41) is 11.9. The second-order valence-corrected chi connectivity index (χ2v) is 4.36. The number of nitrogens with one attached hydrogen (secondary N) is 1. The Hall–Kier alpha value is -1.71. The van der Waals surface area contributed by atoms with Gasteiger partial charge in [0.15, 0.2) is 0 Å². The minimum Gasteiger partial charge on any atom is -0.481 e. The summed E-state index contributed by atoms with van der Waals surface area (Å²) < 4.78 is 0. The Kier molecular flexibility index (Phi) is 5.49. The van der Waals surface area contributed by atoms with Crippen LogP contribution in [0.3, 0.4) is 0 Å². The first-order chi connectivity index (χ1) is 8.56. The van der Waals surface area contributed by atoms with Crippen LogP contribution in [-0.2, 0) is 4.79 Å². The second-order valence-electron chi connectivity index (χ2n) is 4.36. The van der Waals surface area contributed by atoms with Gasteiger partial charge in [0.2, 0.25) is 0 Å². The predicted octanol–water partition coefficient (Wildman–Crippen LogP) is 2.81. The molecule has 1 unspecified atom stereocenters. The predicted molar refractivity (Wildman–Crippen MR) is 75.3 cm³/mol. The Morgan fingerprint density at radius 3 is 2.28 bits per heavy atom. The molecule has 18 heavy (non-hydrogen) atoms. The number of carboxylic acid groups (broad SMARTS) is 1. The maximum atomic E-state index is 10.6. The highest BCUT2D eigenvalue weighted by Crippen LogP contribution is 2.18. The van der Waals surface area contributed by atoms with Gasteiger partial charge in [-0.25, -0.2) is 0 Å². The lowest BCUT2D eigenvalue weighted by Crippen LogP contribution is -2.22. The topological polar surface area (TPSA) is 52.6 Å². The number of aliphatic carboxylic acids is 1. The number of hydrogen-bond donors (Lipinski definition) is 2. The standard InChI is InChI=1S/C14H22N2O2/c1-4-16(5-2)13-8-6-12(7-9-13)15-11(3)10-14(17)18/h6-9,11,15H,4-5,10H2,1-3H3,(H,17,18). The van der Waals surface area contributed by atoms with Gasteiger partial charge in [-0.1, -0.05) is 0 Å². The average Bonchev–Trinajstić information content (AvgIpc) is 2.31. The van der Waals surface area contributed by atoms with Gasteiger partial charge in [-0.3, -0.25) is 4.79 Å². The Balaban J connectivity index is 2.62. The zero-order valence-corrected chi connectivity index (χ0v) is 11.3. The summed E-state index contributed by atoms with van der Waals surface area (Å²) in [5.41, 5.74) is 2.15. The Labute approximate surface area is 109 Å². The molecule has 0 aliphatic rings. The van der Waals surface area contributed by atoms with Crippen molar-refractivity contribution in [1.29, 1.82) is 0 Å². The van der Waals surface area contributed by atoms with E-state index in [4.69, 9.17) is 5.11 Å². The van der Waals surface area contributed by atoms with Crippen molar-refractivity contribution < 1.29 is 9.90 Å². The first kappa shape index (κ1) is 14.4. The minimum atomic E-state index is -0.783. The van der Waals surface area contributed by atoms with Gasteiger partial charge in [0, 0.05) is 30.5 Å². The Morgan fingerprint density at radius 2 is 1.83 bits per heavy atom. The van der Waals surface area contributed by atoms with Crippen molar-refractivity contribution in [3.8, 4) is 0 Å². The van der Waals surface area contributed by atoms with Gasteiger partial charge in [0.25, 0.3) is 0 Å². The first-order valence-corrected chi connectivity index (χ1v) is 6.40. The number of anilines is 2. The highest BCUT2D eigenvalue weighted by Gasteiger charge is 2.07. The summed E-state index contributed by atoms with van der Waals surface area (Å²) in [7, 11) is 0. The van der Waals surface area contributed by atoms with Gasteiger partial charge in [0.1, 0.15) is 0 Å². The van der Waals surface area contributed by atoms with Crippen LogP contribution in [0.5, 0.6) is 0 Å². The van der Waals surface area contributed by atoms with Crippen LogP contribution >= 0.6 is 0 Å². The Bertz CT molecular complexity index is 372. The summed E-state index contributed by atoms with van der Waals surface area (Å²) in [6.45, 7) is 8.10. The number of carboxylic acids is 1. The number of nitrogens with zero attached hydrogens (tertiary/aromatic N) is 1. The van der Waals surface area contributed by atoms with Gasteiger partial charge in [0.05, 0.1) is 6.42 Å². The molecule has 0 aliphatic carbocycles. The molecule has 0 aliphatic heterocycles. The summed E-state index contributed by atoms with van der Waals surface area (Å²) in [6, 6.07) is 8.03. The fourth-order valence-electron chi connectivity index (χ4n) is 1.95. The van der Waals surface area contributed by atoms with Crippen LogP contribution in [0.15, 0.2) is 24.3 Å². The maximum Gasteiger partial charge on any atom is 0.305 e. The van der Waals surface area contributed by atoms with E-state index in [1.165, 1.54) is 5.69 Å². The van der Waals surface area contributed by atoms with E-state index in [-0.39, 0.29) is 12.5 Å². The molecule has 0 radical (unpaired) electrons. The van der Waals surface area contributed by atoms with Gasteiger partial charge in [-0.2, -0.15) is 0 Å². The van der Waals surface area contributed by atoms with E-state index in [1.807, 2.05) is 19.1 Å². The van der Waals surface area contributed by atoms with Crippen molar-refractivity contribution in [3.63, 3.8) is 0 Å². The zero-order valence-electron chi connectivity index (χ0n) is 11.3. The quantitative estimate of drug-likeness (QED) is 0.781. The third kappa shape index (κ3) is 4.28. The highest BCUT2D eigenvalue weighted by molar-refractivity contribution is 5.68. The molecule has 2 N–H and O–H groups in total. The van der Waals surface area contributed by atoms with Crippen LogP contribution in [0, 0.1) is 0 Å². The third-order valence-corrected chi connectivity index (χ3v) is 2.89. The van der Waals surface area contributed by atoms with Crippen LogP contribution in [0.2, 0.25) is 0 Å². The number of hydrogen-bond acceptors (Lipinski definition) is 3. The van der Waals surface area contributed by atoms with Crippen molar-refractivity contribution in [2.45, 2.75) is 33.2 Å². The molecule has 0 saturated carbocycles. The van der Waals surface area contributed by atoms with E-state index in [2.05, 4.69) is 36.2 Å². The van der Waals surface area contributed by atoms with Gasteiger partial charge in [-0.05, 0) is 45.0 Å². The number of benzene rings is 1. The molecule has 0 fully saturated rings. The van der Waals surface area contributed by atoms with Gasteiger partial charge >= 0.3 is 5.97 Å². The molecule has 0 aromatic heterocycles. The monoisotopic (exact) mass is 250 g/mol. The smallest absolute Gasteiger partial charge is 0.305 e. The van der Waals surface area contributed by atoms with Crippen LogP contribution in [0.25, 0.3) is 0 Å².